The highest BCUT2D eigenvalue weighted by molar-refractivity contribution is 5.78. The molecule has 1 saturated heterocycles. The predicted octanol–water partition coefficient (Wildman–Crippen LogP) is 2.15. The van der Waals surface area contributed by atoms with Crippen LogP contribution >= 0.6 is 0 Å². The average molecular weight is 262 g/mol. The number of piperidine rings is 1. The van der Waals surface area contributed by atoms with Gasteiger partial charge in [0.25, 0.3) is 0 Å². The quantitative estimate of drug-likeness (QED) is 0.829. The Labute approximate surface area is 115 Å². The second-order valence-electron chi connectivity index (χ2n) is 7.79. The molecule has 106 valence electrons. The molecule has 0 radical (unpaired) electrons. The van der Waals surface area contributed by atoms with Gasteiger partial charge in [-0.25, -0.2) is 0 Å². The Morgan fingerprint density at radius 1 is 1.11 bits per heavy atom. The van der Waals surface area contributed by atoms with Gasteiger partial charge in [0.2, 0.25) is 5.91 Å². The van der Waals surface area contributed by atoms with Crippen molar-refractivity contribution in [2.45, 2.75) is 56.9 Å². The molecule has 4 aliphatic carbocycles. The maximum Gasteiger partial charge on any atom is 0.223 e. The van der Waals surface area contributed by atoms with Crippen LogP contribution in [0, 0.1) is 23.7 Å². The number of nitrogens with zero attached hydrogens (tertiary/aromatic N) is 1. The summed E-state index contributed by atoms with van der Waals surface area (Å²) in [4.78, 5) is 14.8. The summed E-state index contributed by atoms with van der Waals surface area (Å²) >= 11 is 0. The van der Waals surface area contributed by atoms with Crippen LogP contribution in [0.15, 0.2) is 0 Å². The number of hydrogen-bond donors (Lipinski definition) is 1. The number of carbonyl (C=O) groups excluding carboxylic acids is 1. The van der Waals surface area contributed by atoms with E-state index in [1.165, 1.54) is 38.5 Å². The third-order valence-electron chi connectivity index (χ3n) is 6.42. The monoisotopic (exact) mass is 262 g/mol. The van der Waals surface area contributed by atoms with Crippen molar-refractivity contribution < 1.29 is 4.79 Å². The molecule has 5 rings (SSSR count). The molecule has 1 heterocycles. The highest BCUT2D eigenvalue weighted by Gasteiger charge is 2.55. The van der Waals surface area contributed by atoms with Crippen LogP contribution in [0.4, 0.5) is 0 Å². The van der Waals surface area contributed by atoms with Crippen molar-refractivity contribution in [2.24, 2.45) is 29.4 Å². The fraction of sp³-hybridized carbons (Fsp3) is 0.938. The predicted molar refractivity (Wildman–Crippen MR) is 74.4 cm³/mol. The van der Waals surface area contributed by atoms with Crippen molar-refractivity contribution in [2.75, 3.05) is 13.1 Å². The molecule has 4 bridgehead atoms. The SMILES string of the molecule is NCC1CCC(=O)N(C23CC4CC(CC(C4)C2)C3)C1. The zero-order chi connectivity index (χ0) is 13.0. The van der Waals surface area contributed by atoms with Crippen molar-refractivity contribution in [3.63, 3.8) is 0 Å². The Bertz CT molecular complexity index is 357. The summed E-state index contributed by atoms with van der Waals surface area (Å²) in [6, 6.07) is 0. The summed E-state index contributed by atoms with van der Waals surface area (Å²) < 4.78 is 0. The molecular formula is C16H26N2O. The fourth-order valence-corrected chi connectivity index (χ4v) is 5.96. The van der Waals surface area contributed by atoms with Crippen LogP contribution < -0.4 is 5.73 Å². The Morgan fingerprint density at radius 2 is 1.68 bits per heavy atom. The Balaban J connectivity index is 1.61. The van der Waals surface area contributed by atoms with Crippen molar-refractivity contribution in [1.29, 1.82) is 0 Å². The van der Waals surface area contributed by atoms with Crippen LogP contribution in [-0.4, -0.2) is 29.4 Å². The van der Waals surface area contributed by atoms with E-state index in [-0.39, 0.29) is 5.54 Å². The Hall–Kier alpha value is -0.570. The highest BCUT2D eigenvalue weighted by atomic mass is 16.2. The third-order valence-corrected chi connectivity index (χ3v) is 6.42. The van der Waals surface area contributed by atoms with Gasteiger partial charge in [0.1, 0.15) is 0 Å². The lowest BCUT2D eigenvalue weighted by Gasteiger charge is -2.61. The van der Waals surface area contributed by atoms with Gasteiger partial charge >= 0.3 is 0 Å². The van der Waals surface area contributed by atoms with Gasteiger partial charge in [0.15, 0.2) is 0 Å². The van der Waals surface area contributed by atoms with E-state index >= 15 is 0 Å². The standard InChI is InChI=1S/C16H26N2O/c17-9-11-1-2-15(19)18(10-11)16-6-12-3-13(7-16)5-14(4-12)8-16/h11-14H,1-10,17H2. The zero-order valence-corrected chi connectivity index (χ0v) is 11.8. The van der Waals surface area contributed by atoms with Crippen molar-refractivity contribution in [3.8, 4) is 0 Å². The summed E-state index contributed by atoms with van der Waals surface area (Å²) in [5.74, 6) is 3.71. The molecule has 19 heavy (non-hydrogen) atoms. The topological polar surface area (TPSA) is 46.3 Å². The van der Waals surface area contributed by atoms with Crippen LogP contribution in [-0.2, 0) is 4.79 Å². The zero-order valence-electron chi connectivity index (χ0n) is 11.8. The summed E-state index contributed by atoms with van der Waals surface area (Å²) in [6.07, 6.45) is 9.97. The van der Waals surface area contributed by atoms with E-state index in [2.05, 4.69) is 4.90 Å². The smallest absolute Gasteiger partial charge is 0.223 e. The first-order valence-electron chi connectivity index (χ1n) is 8.19. The molecule has 0 aromatic heterocycles. The maximum absolute atomic E-state index is 12.5. The number of hydrogen-bond acceptors (Lipinski definition) is 2. The van der Waals surface area contributed by atoms with E-state index in [9.17, 15) is 4.79 Å². The molecule has 4 saturated carbocycles. The molecule has 2 N–H and O–H groups in total. The number of likely N-dealkylation sites (tertiary alicyclic amines) is 1. The molecule has 5 fully saturated rings. The average Bonchev–Trinajstić information content (AvgIpc) is 2.37. The lowest BCUT2D eigenvalue weighted by atomic mass is 9.52. The minimum Gasteiger partial charge on any atom is -0.337 e. The Morgan fingerprint density at radius 3 is 2.21 bits per heavy atom. The van der Waals surface area contributed by atoms with Crippen LogP contribution in [0.3, 0.4) is 0 Å². The van der Waals surface area contributed by atoms with Crippen molar-refractivity contribution in [3.05, 3.63) is 0 Å². The van der Waals surface area contributed by atoms with Crippen molar-refractivity contribution in [1.82, 2.24) is 4.90 Å². The molecule has 0 aromatic carbocycles. The van der Waals surface area contributed by atoms with Gasteiger partial charge < -0.3 is 10.6 Å². The van der Waals surface area contributed by atoms with Crippen LogP contribution in [0.1, 0.15) is 51.4 Å². The van der Waals surface area contributed by atoms with Crippen LogP contribution in [0.2, 0.25) is 0 Å². The molecule has 0 aromatic rings. The minimum absolute atomic E-state index is 0.250. The van der Waals surface area contributed by atoms with Gasteiger partial charge in [0, 0.05) is 18.5 Å². The van der Waals surface area contributed by atoms with E-state index in [1.807, 2.05) is 0 Å². The van der Waals surface area contributed by atoms with Gasteiger partial charge in [-0.15, -0.1) is 0 Å². The minimum atomic E-state index is 0.250. The lowest BCUT2D eigenvalue weighted by molar-refractivity contribution is -0.156. The molecular weight excluding hydrogens is 236 g/mol. The fourth-order valence-electron chi connectivity index (χ4n) is 5.96. The molecule has 1 aliphatic heterocycles. The van der Waals surface area contributed by atoms with E-state index in [0.717, 1.165) is 43.7 Å². The number of rotatable bonds is 2. The molecule has 1 atom stereocenters. The summed E-state index contributed by atoms with van der Waals surface area (Å²) in [5, 5.41) is 0. The molecule has 3 heteroatoms. The largest absolute Gasteiger partial charge is 0.337 e. The number of nitrogens with two attached hydrogens (primary N) is 1. The van der Waals surface area contributed by atoms with E-state index < -0.39 is 0 Å². The van der Waals surface area contributed by atoms with Gasteiger partial charge in [-0.3, -0.25) is 4.79 Å². The van der Waals surface area contributed by atoms with Crippen molar-refractivity contribution >= 4 is 5.91 Å². The van der Waals surface area contributed by atoms with Gasteiger partial charge in [0.05, 0.1) is 0 Å². The van der Waals surface area contributed by atoms with Crippen LogP contribution in [0.5, 0.6) is 0 Å². The summed E-state index contributed by atoms with van der Waals surface area (Å²) in [5.41, 5.74) is 6.11. The second-order valence-corrected chi connectivity index (χ2v) is 7.79. The normalized spacial score (nSPS) is 48.9. The molecule has 0 spiro atoms. The van der Waals surface area contributed by atoms with Gasteiger partial charge in [-0.05, 0) is 75.2 Å². The Kier molecular flexibility index (Phi) is 2.70. The number of amides is 1. The first-order chi connectivity index (χ1) is 9.18. The first kappa shape index (κ1) is 12.2. The second kappa shape index (κ2) is 4.21. The van der Waals surface area contributed by atoms with Crippen LogP contribution in [0.25, 0.3) is 0 Å². The summed E-state index contributed by atoms with van der Waals surface area (Å²) in [7, 11) is 0. The number of carbonyl (C=O) groups is 1. The van der Waals surface area contributed by atoms with E-state index in [4.69, 9.17) is 5.73 Å². The van der Waals surface area contributed by atoms with Gasteiger partial charge in [-0.1, -0.05) is 0 Å². The maximum atomic E-state index is 12.5. The first-order valence-corrected chi connectivity index (χ1v) is 8.19. The van der Waals surface area contributed by atoms with E-state index in [1.54, 1.807) is 0 Å². The molecule has 5 aliphatic rings. The molecule has 1 unspecified atom stereocenters. The highest BCUT2D eigenvalue weighted by Crippen LogP contribution is 2.58. The lowest BCUT2D eigenvalue weighted by Crippen LogP contribution is -2.63. The molecule has 1 amide bonds. The third kappa shape index (κ3) is 1.84. The summed E-state index contributed by atoms with van der Waals surface area (Å²) in [6.45, 7) is 1.69. The van der Waals surface area contributed by atoms with E-state index in [0.29, 0.717) is 11.8 Å². The van der Waals surface area contributed by atoms with Gasteiger partial charge in [-0.2, -0.15) is 0 Å². The molecule has 3 nitrogen and oxygen atoms in total.